The van der Waals surface area contributed by atoms with Crippen LogP contribution in [0.5, 0.6) is 0 Å². The first-order valence-electron chi connectivity index (χ1n) is 20.1. The van der Waals surface area contributed by atoms with E-state index in [1.165, 1.54) is 11.3 Å². The van der Waals surface area contributed by atoms with Crippen LogP contribution < -0.4 is 32.7 Å². The van der Waals surface area contributed by atoms with Crippen LogP contribution in [0, 0.1) is 17.8 Å². The molecule has 4 rings (SSSR count). The second kappa shape index (κ2) is 20.6. The van der Waals surface area contributed by atoms with E-state index >= 15 is 0 Å². The largest absolute Gasteiger partial charge is 0.375 e. The van der Waals surface area contributed by atoms with Gasteiger partial charge in [-0.15, -0.1) is 0 Å². The van der Waals surface area contributed by atoms with E-state index in [2.05, 4.69) is 21.3 Å². The van der Waals surface area contributed by atoms with E-state index in [1.54, 1.807) is 7.05 Å². The highest BCUT2D eigenvalue weighted by atomic mass is 16.5. The summed E-state index contributed by atoms with van der Waals surface area (Å²) in [6.45, 7) is 5.47. The lowest BCUT2D eigenvalue weighted by molar-refractivity contribution is -0.147. The maximum atomic E-state index is 14.2. The van der Waals surface area contributed by atoms with Gasteiger partial charge in [-0.05, 0) is 57.3 Å². The zero-order valence-electron chi connectivity index (χ0n) is 32.0. The van der Waals surface area contributed by atoms with Crippen LogP contribution in [0.2, 0.25) is 0 Å². The third-order valence-corrected chi connectivity index (χ3v) is 11.7. The molecule has 0 aromatic carbocycles. The van der Waals surface area contributed by atoms with E-state index in [-0.39, 0.29) is 43.7 Å². The summed E-state index contributed by atoms with van der Waals surface area (Å²) < 4.78 is 12.5. The van der Waals surface area contributed by atoms with Gasteiger partial charge < -0.3 is 47.1 Å². The van der Waals surface area contributed by atoms with Gasteiger partial charge in [-0.2, -0.15) is 0 Å². The number of amides is 5. The molecule has 8 N–H and O–H groups in total. The average molecular weight is 734 g/mol. The van der Waals surface area contributed by atoms with Crippen LogP contribution in [-0.2, 0) is 33.4 Å². The molecular weight excluding hydrogens is 666 g/mol. The summed E-state index contributed by atoms with van der Waals surface area (Å²) in [7, 11) is 1.66. The number of rotatable bonds is 9. The molecule has 0 aromatic heterocycles. The van der Waals surface area contributed by atoms with E-state index in [4.69, 9.17) is 20.9 Å². The smallest absolute Gasteiger partial charge is 0.245 e. The van der Waals surface area contributed by atoms with Crippen molar-refractivity contribution in [1.82, 2.24) is 26.2 Å². The lowest BCUT2D eigenvalue weighted by atomic mass is 9.82. The van der Waals surface area contributed by atoms with Gasteiger partial charge >= 0.3 is 0 Å². The molecule has 0 bridgehead atoms. The standard InChI is InChI=1S/C38H67N7O7/c1-5-12-31-36(48)44-33(26-15-10-7-11-16-26)37(49)42-29(20-39)34(46)43-30(22-51-28-18-27(40)19-28)35(47)41-23(2)21-52-32(24(3)38(50)45(31)4)17-25-13-8-6-9-14-25/h23-33H,5-22,39-40H2,1-4H3,(H,41,47)(H,42,49)(H,43,46)(H,44,48)/t23-,24-,27?,28?,29+,30+,31+,32-,33+/m1/s1. The first kappa shape index (κ1) is 41.9. The van der Waals surface area contributed by atoms with Crippen LogP contribution in [0.3, 0.4) is 0 Å². The Morgan fingerprint density at radius 1 is 0.808 bits per heavy atom. The van der Waals surface area contributed by atoms with Crippen molar-refractivity contribution >= 4 is 29.5 Å². The Morgan fingerprint density at radius 3 is 2.04 bits per heavy atom. The second-order valence-electron chi connectivity index (χ2n) is 16.0. The maximum absolute atomic E-state index is 14.2. The zero-order valence-corrected chi connectivity index (χ0v) is 32.0. The average Bonchev–Trinajstić information content (AvgIpc) is 3.13. The van der Waals surface area contributed by atoms with Gasteiger partial charge in [0, 0.05) is 25.7 Å². The van der Waals surface area contributed by atoms with Crippen molar-refractivity contribution in [2.24, 2.45) is 29.2 Å². The Morgan fingerprint density at radius 2 is 1.42 bits per heavy atom. The first-order valence-corrected chi connectivity index (χ1v) is 20.1. The Hall–Kier alpha value is -2.81. The molecule has 7 atom stereocenters. The van der Waals surface area contributed by atoms with E-state index in [0.717, 1.165) is 57.8 Å². The molecule has 4 fully saturated rings. The molecule has 0 aromatic rings. The van der Waals surface area contributed by atoms with Crippen LogP contribution in [0.4, 0.5) is 0 Å². The molecule has 14 heteroatoms. The van der Waals surface area contributed by atoms with Crippen molar-refractivity contribution in [3.63, 3.8) is 0 Å². The number of likely N-dealkylation sites (N-methyl/N-ethyl adjacent to an activating group) is 1. The highest BCUT2D eigenvalue weighted by Gasteiger charge is 2.39. The molecule has 4 aliphatic rings. The molecule has 3 aliphatic carbocycles. The van der Waals surface area contributed by atoms with Gasteiger partial charge in [-0.3, -0.25) is 24.0 Å². The SMILES string of the molecule is CCC[C@H]1C(=O)N[C@@H](C2CCCCC2)C(=O)N[C@@H](CN)C(=O)N[C@@H](COC2CC(N)C2)C(=O)N[C@H](C)CO[C@H](CC2CCCCC2)[C@@H](C)C(=O)N1C. The fraction of sp³-hybridized carbons (Fsp3) is 0.868. The number of hydrogen-bond acceptors (Lipinski definition) is 9. The summed E-state index contributed by atoms with van der Waals surface area (Å²) in [6.07, 6.45) is 12.6. The monoisotopic (exact) mass is 734 g/mol. The van der Waals surface area contributed by atoms with Crippen molar-refractivity contribution in [3.05, 3.63) is 0 Å². The Labute approximate surface area is 310 Å². The van der Waals surface area contributed by atoms with Crippen LogP contribution in [-0.4, -0.2) is 110 Å². The van der Waals surface area contributed by atoms with Gasteiger partial charge in [0.05, 0.1) is 31.3 Å². The minimum absolute atomic E-state index is 0.0439. The molecule has 14 nitrogen and oxygen atoms in total. The van der Waals surface area contributed by atoms with Crippen LogP contribution in [0.15, 0.2) is 0 Å². The van der Waals surface area contributed by atoms with Crippen LogP contribution in [0.1, 0.15) is 117 Å². The fourth-order valence-electron chi connectivity index (χ4n) is 8.27. The number of carbonyl (C=O) groups is 5. The van der Waals surface area contributed by atoms with E-state index < -0.39 is 65.9 Å². The quantitative estimate of drug-likeness (QED) is 0.203. The molecule has 1 saturated heterocycles. The van der Waals surface area contributed by atoms with Crippen LogP contribution >= 0.6 is 0 Å². The third kappa shape index (κ3) is 11.8. The Balaban J connectivity index is 1.65. The predicted octanol–water partition coefficient (Wildman–Crippen LogP) is 1.62. The van der Waals surface area contributed by atoms with Gasteiger partial charge in [0.2, 0.25) is 29.5 Å². The van der Waals surface area contributed by atoms with Crippen molar-refractivity contribution in [1.29, 1.82) is 0 Å². The van der Waals surface area contributed by atoms with Gasteiger partial charge in [-0.25, -0.2) is 0 Å². The minimum Gasteiger partial charge on any atom is -0.375 e. The Kier molecular flexibility index (Phi) is 16.6. The fourth-order valence-corrected chi connectivity index (χ4v) is 8.27. The second-order valence-corrected chi connectivity index (χ2v) is 16.0. The molecule has 52 heavy (non-hydrogen) atoms. The van der Waals surface area contributed by atoms with Crippen molar-refractivity contribution in [3.8, 4) is 0 Å². The number of ether oxygens (including phenoxy) is 2. The Bertz CT molecular complexity index is 1190. The van der Waals surface area contributed by atoms with Gasteiger partial charge in [0.1, 0.15) is 24.2 Å². The number of nitrogens with zero attached hydrogens (tertiary/aromatic N) is 1. The lowest BCUT2D eigenvalue weighted by Crippen LogP contribution is -2.62. The molecule has 0 radical (unpaired) electrons. The zero-order chi connectivity index (χ0) is 37.8. The lowest BCUT2D eigenvalue weighted by Gasteiger charge is -2.36. The summed E-state index contributed by atoms with van der Waals surface area (Å²) in [5, 5.41) is 11.5. The van der Waals surface area contributed by atoms with Crippen molar-refractivity contribution in [2.45, 2.75) is 166 Å². The molecule has 1 aliphatic heterocycles. The molecule has 5 amide bonds. The summed E-state index contributed by atoms with van der Waals surface area (Å²) in [5.41, 5.74) is 12.0. The van der Waals surface area contributed by atoms with Gasteiger partial charge in [0.25, 0.3) is 0 Å². The number of nitrogens with one attached hydrogen (secondary N) is 4. The van der Waals surface area contributed by atoms with Crippen LogP contribution in [0.25, 0.3) is 0 Å². The number of hydrogen-bond donors (Lipinski definition) is 6. The van der Waals surface area contributed by atoms with Gasteiger partial charge in [-0.1, -0.05) is 71.6 Å². The first-order chi connectivity index (χ1) is 24.9. The summed E-state index contributed by atoms with van der Waals surface area (Å²) in [4.78, 5) is 71.2. The molecule has 3 saturated carbocycles. The maximum Gasteiger partial charge on any atom is 0.245 e. The summed E-state index contributed by atoms with van der Waals surface area (Å²) in [5.74, 6) is -2.49. The minimum atomic E-state index is -1.16. The van der Waals surface area contributed by atoms with E-state index in [0.29, 0.717) is 38.0 Å². The topological polar surface area (TPSA) is 207 Å². The molecule has 0 spiro atoms. The third-order valence-electron chi connectivity index (χ3n) is 11.7. The summed E-state index contributed by atoms with van der Waals surface area (Å²) in [6, 6.07) is -4.37. The number of nitrogens with two attached hydrogens (primary N) is 2. The predicted molar refractivity (Wildman–Crippen MR) is 198 cm³/mol. The van der Waals surface area contributed by atoms with Gasteiger partial charge in [0.15, 0.2) is 0 Å². The van der Waals surface area contributed by atoms with E-state index in [9.17, 15) is 24.0 Å². The molecule has 1 heterocycles. The molecular formula is C38H67N7O7. The molecule has 0 unspecified atom stereocenters. The van der Waals surface area contributed by atoms with E-state index in [1.807, 2.05) is 20.8 Å². The summed E-state index contributed by atoms with van der Waals surface area (Å²) >= 11 is 0. The normalized spacial score (nSPS) is 34.5. The highest BCUT2D eigenvalue weighted by molar-refractivity contribution is 5.96. The van der Waals surface area contributed by atoms with Crippen molar-refractivity contribution < 1.29 is 33.4 Å². The highest BCUT2D eigenvalue weighted by Crippen LogP contribution is 2.31. The molecule has 296 valence electrons. The number of carbonyl (C=O) groups excluding carboxylic acids is 5. The van der Waals surface area contributed by atoms with Crippen molar-refractivity contribution in [2.75, 3.05) is 26.8 Å².